The third-order valence-corrected chi connectivity index (χ3v) is 2.97. The van der Waals surface area contributed by atoms with Crippen LogP contribution in [-0.2, 0) is 0 Å². The molecule has 0 heterocycles. The summed E-state index contributed by atoms with van der Waals surface area (Å²) in [5, 5.41) is 9.34. The predicted octanol–water partition coefficient (Wildman–Crippen LogP) is 2.68. The van der Waals surface area contributed by atoms with Crippen molar-refractivity contribution in [1.82, 2.24) is 0 Å². The first-order valence-electron chi connectivity index (χ1n) is 4.48. The molecule has 1 N–H and O–H groups in total. The van der Waals surface area contributed by atoms with Crippen LogP contribution in [0.15, 0.2) is 0 Å². The van der Waals surface area contributed by atoms with E-state index in [1.807, 2.05) is 0 Å². The van der Waals surface area contributed by atoms with Gasteiger partial charge >= 0.3 is 0 Å². The molecule has 0 spiro atoms. The minimum atomic E-state index is 0.341. The zero-order valence-corrected chi connectivity index (χ0v) is 8.49. The number of thioether (sulfide) groups is 1. The molecule has 0 aromatic rings. The van der Waals surface area contributed by atoms with Crippen LogP contribution in [0.3, 0.4) is 0 Å². The fourth-order valence-electron chi connectivity index (χ4n) is 1.08. The molecule has 0 aromatic heterocycles. The van der Waals surface area contributed by atoms with E-state index in [0.717, 1.165) is 0 Å². The summed E-state index contributed by atoms with van der Waals surface area (Å²) in [6.07, 6.45) is 8.49. The van der Waals surface area contributed by atoms with Crippen LogP contribution in [0, 0.1) is 0 Å². The van der Waals surface area contributed by atoms with Gasteiger partial charge in [-0.05, 0) is 12.7 Å². The lowest BCUT2D eigenvalue weighted by Crippen LogP contribution is -2.07. The van der Waals surface area contributed by atoms with Crippen LogP contribution in [0.2, 0.25) is 0 Å². The number of aliphatic hydroxyl groups excluding tert-OH is 1. The van der Waals surface area contributed by atoms with Crippen molar-refractivity contribution in [2.45, 2.75) is 44.3 Å². The SMILES string of the molecule is CCCCCCC(CO)SC. The Bertz CT molecular complexity index is 72.0. The molecule has 1 nitrogen and oxygen atoms in total. The van der Waals surface area contributed by atoms with Gasteiger partial charge < -0.3 is 5.11 Å². The second-order valence-electron chi connectivity index (χ2n) is 2.89. The van der Waals surface area contributed by atoms with Crippen molar-refractivity contribution < 1.29 is 5.11 Å². The van der Waals surface area contributed by atoms with Gasteiger partial charge in [-0.2, -0.15) is 11.8 Å². The minimum Gasteiger partial charge on any atom is -0.395 e. The molecule has 11 heavy (non-hydrogen) atoms. The number of unbranched alkanes of at least 4 members (excludes halogenated alkanes) is 3. The maximum absolute atomic E-state index is 8.86. The van der Waals surface area contributed by atoms with Crippen LogP contribution < -0.4 is 0 Å². The van der Waals surface area contributed by atoms with Crippen LogP contribution in [0.25, 0.3) is 0 Å². The summed E-state index contributed by atoms with van der Waals surface area (Å²) < 4.78 is 0. The highest BCUT2D eigenvalue weighted by Gasteiger charge is 2.03. The van der Waals surface area contributed by atoms with Gasteiger partial charge in [0.05, 0.1) is 6.61 Å². The van der Waals surface area contributed by atoms with Crippen molar-refractivity contribution in [2.75, 3.05) is 12.9 Å². The van der Waals surface area contributed by atoms with Gasteiger partial charge in [0.1, 0.15) is 0 Å². The second-order valence-corrected chi connectivity index (χ2v) is 4.03. The van der Waals surface area contributed by atoms with Crippen molar-refractivity contribution in [3.63, 3.8) is 0 Å². The summed E-state index contributed by atoms with van der Waals surface area (Å²) in [5.41, 5.74) is 0. The third-order valence-electron chi connectivity index (χ3n) is 1.92. The highest BCUT2D eigenvalue weighted by atomic mass is 32.2. The summed E-state index contributed by atoms with van der Waals surface area (Å²) in [5.74, 6) is 0. The molecular formula is C9H20OS. The van der Waals surface area contributed by atoms with E-state index in [1.165, 1.54) is 32.1 Å². The molecule has 0 radical (unpaired) electrons. The number of aliphatic hydroxyl groups is 1. The average Bonchev–Trinajstić information content (AvgIpc) is 2.05. The van der Waals surface area contributed by atoms with Crippen LogP contribution in [-0.4, -0.2) is 23.2 Å². The lowest BCUT2D eigenvalue weighted by Gasteiger charge is -2.09. The average molecular weight is 176 g/mol. The van der Waals surface area contributed by atoms with E-state index >= 15 is 0 Å². The highest BCUT2D eigenvalue weighted by Crippen LogP contribution is 2.14. The molecular weight excluding hydrogens is 156 g/mol. The first-order valence-corrected chi connectivity index (χ1v) is 5.77. The maximum Gasteiger partial charge on any atom is 0.0549 e. The van der Waals surface area contributed by atoms with Gasteiger partial charge in [0.25, 0.3) is 0 Å². The van der Waals surface area contributed by atoms with Gasteiger partial charge in [0.15, 0.2) is 0 Å². The summed E-state index contributed by atoms with van der Waals surface area (Å²) in [6, 6.07) is 0. The Hall–Kier alpha value is 0.310. The van der Waals surface area contributed by atoms with Crippen LogP contribution in [0.1, 0.15) is 39.0 Å². The lowest BCUT2D eigenvalue weighted by atomic mass is 10.1. The number of hydrogen-bond donors (Lipinski definition) is 1. The van der Waals surface area contributed by atoms with E-state index in [4.69, 9.17) is 5.11 Å². The fourth-order valence-corrected chi connectivity index (χ4v) is 1.63. The topological polar surface area (TPSA) is 20.2 Å². The van der Waals surface area contributed by atoms with Gasteiger partial charge in [-0.3, -0.25) is 0 Å². The Morgan fingerprint density at radius 1 is 1.27 bits per heavy atom. The first kappa shape index (κ1) is 11.3. The molecule has 68 valence electrons. The van der Waals surface area contributed by atoms with Gasteiger partial charge in [-0.15, -0.1) is 0 Å². The van der Waals surface area contributed by atoms with Crippen molar-refractivity contribution in [3.8, 4) is 0 Å². The van der Waals surface area contributed by atoms with Crippen LogP contribution in [0.5, 0.6) is 0 Å². The minimum absolute atomic E-state index is 0.341. The monoisotopic (exact) mass is 176 g/mol. The zero-order valence-electron chi connectivity index (χ0n) is 7.68. The summed E-state index contributed by atoms with van der Waals surface area (Å²) in [6.45, 7) is 2.56. The van der Waals surface area contributed by atoms with E-state index in [0.29, 0.717) is 11.9 Å². The van der Waals surface area contributed by atoms with Crippen molar-refractivity contribution in [2.24, 2.45) is 0 Å². The van der Waals surface area contributed by atoms with Crippen LogP contribution in [0.4, 0.5) is 0 Å². The molecule has 0 rings (SSSR count). The largest absolute Gasteiger partial charge is 0.395 e. The maximum atomic E-state index is 8.86. The van der Waals surface area contributed by atoms with Gasteiger partial charge in [0, 0.05) is 5.25 Å². The number of hydrogen-bond acceptors (Lipinski definition) is 2. The highest BCUT2D eigenvalue weighted by molar-refractivity contribution is 7.99. The third kappa shape index (κ3) is 6.70. The summed E-state index contributed by atoms with van der Waals surface area (Å²) >= 11 is 1.78. The second kappa shape index (κ2) is 8.41. The first-order chi connectivity index (χ1) is 5.35. The van der Waals surface area contributed by atoms with E-state index < -0.39 is 0 Å². The lowest BCUT2D eigenvalue weighted by molar-refractivity contribution is 0.288. The molecule has 0 aliphatic heterocycles. The number of rotatable bonds is 7. The molecule has 1 unspecified atom stereocenters. The van der Waals surface area contributed by atoms with E-state index in [9.17, 15) is 0 Å². The molecule has 0 saturated heterocycles. The molecule has 0 aliphatic rings. The van der Waals surface area contributed by atoms with Crippen molar-refractivity contribution in [1.29, 1.82) is 0 Å². The molecule has 2 heteroatoms. The van der Waals surface area contributed by atoms with Crippen molar-refractivity contribution >= 4 is 11.8 Å². The predicted molar refractivity (Wildman–Crippen MR) is 53.1 cm³/mol. The van der Waals surface area contributed by atoms with E-state index in [2.05, 4.69) is 13.2 Å². The summed E-state index contributed by atoms with van der Waals surface area (Å²) in [4.78, 5) is 0. The molecule has 0 saturated carbocycles. The molecule has 0 aliphatic carbocycles. The summed E-state index contributed by atoms with van der Waals surface area (Å²) in [7, 11) is 0. The van der Waals surface area contributed by atoms with Crippen LogP contribution >= 0.6 is 11.8 Å². The molecule has 1 atom stereocenters. The van der Waals surface area contributed by atoms with Gasteiger partial charge in [-0.25, -0.2) is 0 Å². The molecule has 0 bridgehead atoms. The Kier molecular flexibility index (Phi) is 8.64. The van der Waals surface area contributed by atoms with E-state index in [-0.39, 0.29) is 0 Å². The quantitative estimate of drug-likeness (QED) is 0.602. The van der Waals surface area contributed by atoms with E-state index in [1.54, 1.807) is 11.8 Å². The Balaban J connectivity index is 3.07. The fraction of sp³-hybridized carbons (Fsp3) is 1.00. The Labute approximate surface area is 74.6 Å². The van der Waals surface area contributed by atoms with Crippen molar-refractivity contribution in [3.05, 3.63) is 0 Å². The smallest absolute Gasteiger partial charge is 0.0549 e. The molecule has 0 aromatic carbocycles. The molecule has 0 amide bonds. The Morgan fingerprint density at radius 3 is 2.45 bits per heavy atom. The van der Waals surface area contributed by atoms with Gasteiger partial charge in [0.2, 0.25) is 0 Å². The molecule has 0 fully saturated rings. The normalized spacial score (nSPS) is 13.4. The zero-order chi connectivity index (χ0) is 8.53. The standard InChI is InChI=1S/C9H20OS/c1-3-4-5-6-7-9(8-10)11-2/h9-10H,3-8H2,1-2H3. The Morgan fingerprint density at radius 2 is 2.00 bits per heavy atom. The van der Waals surface area contributed by atoms with Gasteiger partial charge in [-0.1, -0.05) is 32.6 Å².